The van der Waals surface area contributed by atoms with Gasteiger partial charge in [-0.1, -0.05) is 12.1 Å². The molecule has 6 nitrogen and oxygen atoms in total. The summed E-state index contributed by atoms with van der Waals surface area (Å²) in [6.07, 6.45) is 2.47. The Balaban J connectivity index is 2.23. The highest BCUT2D eigenvalue weighted by Crippen LogP contribution is 2.16. The van der Waals surface area contributed by atoms with Gasteiger partial charge in [0.25, 0.3) is 5.91 Å². The lowest BCUT2D eigenvalue weighted by molar-refractivity contribution is -0.131. The predicted octanol–water partition coefficient (Wildman–Crippen LogP) is 2.51. The maximum Gasteiger partial charge on any atom is 0.328 e. The largest absolute Gasteiger partial charge is 0.478 e. The van der Waals surface area contributed by atoms with Gasteiger partial charge in [0.2, 0.25) is 5.13 Å². The highest BCUT2D eigenvalue weighted by molar-refractivity contribution is 7.09. The van der Waals surface area contributed by atoms with Crippen molar-refractivity contribution in [2.75, 3.05) is 5.32 Å². The van der Waals surface area contributed by atoms with Gasteiger partial charge in [-0.15, -0.1) is 0 Å². The van der Waals surface area contributed by atoms with Gasteiger partial charge in [0.1, 0.15) is 5.82 Å². The van der Waals surface area contributed by atoms with Crippen molar-refractivity contribution in [3.05, 3.63) is 46.8 Å². The first-order valence-corrected chi connectivity index (χ1v) is 6.86. The number of aliphatic carboxylic acids is 1. The first-order chi connectivity index (χ1) is 9.95. The molecule has 2 aromatic rings. The van der Waals surface area contributed by atoms with Gasteiger partial charge in [-0.25, -0.2) is 9.78 Å². The minimum Gasteiger partial charge on any atom is -0.478 e. The highest BCUT2D eigenvalue weighted by atomic mass is 32.1. The van der Waals surface area contributed by atoms with Crippen LogP contribution >= 0.6 is 11.5 Å². The summed E-state index contributed by atoms with van der Waals surface area (Å²) >= 11 is 1.11. The van der Waals surface area contributed by atoms with E-state index in [4.69, 9.17) is 5.11 Å². The van der Waals surface area contributed by atoms with Gasteiger partial charge < -0.3 is 5.11 Å². The highest BCUT2D eigenvalue weighted by Gasteiger charge is 2.12. The van der Waals surface area contributed by atoms with Crippen LogP contribution in [0.25, 0.3) is 6.08 Å². The van der Waals surface area contributed by atoms with E-state index >= 15 is 0 Å². The van der Waals surface area contributed by atoms with Gasteiger partial charge >= 0.3 is 5.97 Å². The molecule has 0 saturated heterocycles. The summed E-state index contributed by atoms with van der Waals surface area (Å²) in [4.78, 5) is 26.8. The fourth-order valence-corrected chi connectivity index (χ4v) is 2.24. The van der Waals surface area contributed by atoms with E-state index in [2.05, 4.69) is 14.7 Å². The van der Waals surface area contributed by atoms with Crippen LogP contribution in [0.15, 0.2) is 24.3 Å². The van der Waals surface area contributed by atoms with Gasteiger partial charge in [0.15, 0.2) is 0 Å². The number of benzene rings is 1. The van der Waals surface area contributed by atoms with E-state index in [-0.39, 0.29) is 5.91 Å². The number of hydrogen-bond donors (Lipinski definition) is 2. The third kappa shape index (κ3) is 3.96. The van der Waals surface area contributed by atoms with Crippen molar-refractivity contribution in [3.8, 4) is 0 Å². The van der Waals surface area contributed by atoms with E-state index in [9.17, 15) is 9.59 Å². The molecule has 2 rings (SSSR count). The number of amides is 1. The monoisotopic (exact) mass is 303 g/mol. The molecule has 0 unspecified atom stereocenters. The number of carboxylic acids is 1. The Kier molecular flexibility index (Phi) is 4.44. The molecule has 7 heteroatoms. The first-order valence-electron chi connectivity index (χ1n) is 6.09. The zero-order chi connectivity index (χ0) is 15.4. The van der Waals surface area contributed by atoms with Crippen molar-refractivity contribution >= 4 is 34.6 Å². The van der Waals surface area contributed by atoms with Crippen molar-refractivity contribution in [2.24, 2.45) is 0 Å². The van der Waals surface area contributed by atoms with Crippen molar-refractivity contribution < 1.29 is 14.7 Å². The number of aryl methyl sites for hydroxylation is 2. The molecule has 1 heterocycles. The zero-order valence-corrected chi connectivity index (χ0v) is 12.3. The SMILES string of the molecule is Cc1nsc(NC(=O)c2cc(/C=C/C(=O)O)ccc2C)n1. The molecule has 0 saturated carbocycles. The van der Waals surface area contributed by atoms with E-state index in [1.54, 1.807) is 25.1 Å². The molecule has 2 N–H and O–H groups in total. The molecule has 0 spiro atoms. The lowest BCUT2D eigenvalue weighted by atomic mass is 10.0. The fraction of sp³-hybridized carbons (Fsp3) is 0.143. The van der Waals surface area contributed by atoms with Crippen LogP contribution in [0.2, 0.25) is 0 Å². The van der Waals surface area contributed by atoms with Gasteiger partial charge in [-0.2, -0.15) is 4.37 Å². The maximum atomic E-state index is 12.2. The third-order valence-electron chi connectivity index (χ3n) is 2.67. The van der Waals surface area contributed by atoms with Crippen LogP contribution in [0, 0.1) is 13.8 Å². The summed E-state index contributed by atoms with van der Waals surface area (Å²) in [6.45, 7) is 3.56. The average Bonchev–Trinajstić information content (AvgIpc) is 2.83. The standard InChI is InChI=1S/C14H13N3O3S/c1-8-3-4-10(5-6-12(18)19)7-11(8)13(20)16-14-15-9(2)17-21-14/h3-7H,1-2H3,(H,18,19)(H,15,16,17,20)/b6-5+. The first kappa shape index (κ1) is 14.9. The van der Waals surface area contributed by atoms with Gasteiger partial charge in [0.05, 0.1) is 0 Å². The summed E-state index contributed by atoms with van der Waals surface area (Å²) in [6, 6.07) is 5.15. The smallest absolute Gasteiger partial charge is 0.328 e. The molecule has 0 aliphatic carbocycles. The van der Waals surface area contributed by atoms with E-state index in [0.717, 1.165) is 23.2 Å². The number of rotatable bonds is 4. The van der Waals surface area contributed by atoms with Crippen LogP contribution in [-0.2, 0) is 4.79 Å². The van der Waals surface area contributed by atoms with Crippen molar-refractivity contribution in [1.82, 2.24) is 9.36 Å². The number of nitrogens with one attached hydrogen (secondary N) is 1. The van der Waals surface area contributed by atoms with Crippen LogP contribution < -0.4 is 5.32 Å². The van der Waals surface area contributed by atoms with Crippen LogP contribution in [-0.4, -0.2) is 26.3 Å². The van der Waals surface area contributed by atoms with Crippen LogP contribution in [0.4, 0.5) is 5.13 Å². The molecular weight excluding hydrogens is 290 g/mol. The van der Waals surface area contributed by atoms with Gasteiger partial charge in [-0.3, -0.25) is 10.1 Å². The van der Waals surface area contributed by atoms with E-state index in [0.29, 0.717) is 22.1 Å². The van der Waals surface area contributed by atoms with Crippen LogP contribution in [0.5, 0.6) is 0 Å². The van der Waals surface area contributed by atoms with Crippen molar-refractivity contribution in [3.63, 3.8) is 0 Å². The number of aromatic nitrogens is 2. The van der Waals surface area contributed by atoms with E-state index < -0.39 is 5.97 Å². The molecule has 0 aliphatic heterocycles. The summed E-state index contributed by atoms with van der Waals surface area (Å²) in [5.41, 5.74) is 1.90. The molecule has 0 atom stereocenters. The second kappa shape index (κ2) is 6.27. The summed E-state index contributed by atoms with van der Waals surface area (Å²) in [7, 11) is 0. The molecule has 108 valence electrons. The lowest BCUT2D eigenvalue weighted by Crippen LogP contribution is -2.13. The Morgan fingerprint density at radius 3 is 2.71 bits per heavy atom. The Morgan fingerprint density at radius 1 is 1.33 bits per heavy atom. The number of anilines is 1. The lowest BCUT2D eigenvalue weighted by Gasteiger charge is -2.06. The number of hydrogen-bond acceptors (Lipinski definition) is 5. The second-order valence-corrected chi connectivity index (χ2v) is 5.10. The number of carbonyl (C=O) groups excluding carboxylic acids is 1. The number of nitrogens with zero attached hydrogens (tertiary/aromatic N) is 2. The Morgan fingerprint density at radius 2 is 2.10 bits per heavy atom. The Labute approximate surface area is 125 Å². The van der Waals surface area contributed by atoms with Gasteiger partial charge in [0, 0.05) is 23.2 Å². The zero-order valence-electron chi connectivity index (χ0n) is 11.5. The summed E-state index contributed by atoms with van der Waals surface area (Å²) < 4.78 is 3.99. The van der Waals surface area contributed by atoms with Gasteiger partial charge in [-0.05, 0) is 37.1 Å². The third-order valence-corrected chi connectivity index (χ3v) is 3.39. The molecule has 1 amide bonds. The summed E-state index contributed by atoms with van der Waals surface area (Å²) in [5.74, 6) is -0.731. The van der Waals surface area contributed by atoms with E-state index in [1.165, 1.54) is 6.08 Å². The second-order valence-electron chi connectivity index (χ2n) is 4.35. The predicted molar refractivity (Wildman–Crippen MR) is 80.4 cm³/mol. The molecule has 21 heavy (non-hydrogen) atoms. The molecular formula is C14H13N3O3S. The van der Waals surface area contributed by atoms with Crippen molar-refractivity contribution in [1.29, 1.82) is 0 Å². The van der Waals surface area contributed by atoms with Crippen molar-refractivity contribution in [2.45, 2.75) is 13.8 Å². The molecule has 0 radical (unpaired) electrons. The number of carbonyl (C=O) groups is 2. The summed E-state index contributed by atoms with van der Waals surface area (Å²) in [5, 5.41) is 11.7. The molecule has 1 aromatic heterocycles. The number of carboxylic acid groups (broad SMARTS) is 1. The topological polar surface area (TPSA) is 92.2 Å². The van der Waals surface area contributed by atoms with Crippen LogP contribution in [0.1, 0.15) is 27.3 Å². The molecule has 1 aromatic carbocycles. The molecule has 0 aliphatic rings. The average molecular weight is 303 g/mol. The minimum atomic E-state index is -1.04. The Bertz CT molecular complexity index is 722. The molecule has 0 bridgehead atoms. The maximum absolute atomic E-state index is 12.2. The molecule has 0 fully saturated rings. The minimum absolute atomic E-state index is 0.297. The quantitative estimate of drug-likeness (QED) is 0.847. The van der Waals surface area contributed by atoms with E-state index in [1.807, 2.05) is 6.92 Å². The Hall–Kier alpha value is -2.54. The van der Waals surface area contributed by atoms with Crippen LogP contribution in [0.3, 0.4) is 0 Å². The normalized spacial score (nSPS) is 10.8. The fourth-order valence-electron chi connectivity index (χ4n) is 1.67.